The lowest BCUT2D eigenvalue weighted by Gasteiger charge is -2.15. The topological polar surface area (TPSA) is 64.6 Å². The summed E-state index contributed by atoms with van der Waals surface area (Å²) in [6.07, 6.45) is 1.51. The van der Waals surface area contributed by atoms with Crippen LogP contribution < -0.4 is 15.5 Å². The highest BCUT2D eigenvalue weighted by Gasteiger charge is 2.13. The molecule has 1 heterocycles. The van der Waals surface area contributed by atoms with Crippen LogP contribution in [0, 0.1) is 0 Å². The van der Waals surface area contributed by atoms with Gasteiger partial charge in [0.2, 0.25) is 0 Å². The Bertz CT molecular complexity index is 399. The summed E-state index contributed by atoms with van der Waals surface area (Å²) in [7, 11) is 1.53. The molecule has 0 radical (unpaired) electrons. The molecule has 1 aromatic carbocycles. The molecule has 1 atom stereocenters. The molecule has 2 rings (SSSR count). The van der Waals surface area contributed by atoms with Crippen LogP contribution in [0.25, 0.3) is 0 Å². The minimum Gasteiger partial charge on any atom is -0.465 e. The van der Waals surface area contributed by atoms with Crippen molar-refractivity contribution in [1.29, 1.82) is 0 Å². The van der Waals surface area contributed by atoms with Gasteiger partial charge in [-0.2, -0.15) is 0 Å². The maximum Gasteiger partial charge on any atom is 0.411 e. The van der Waals surface area contributed by atoms with Crippen LogP contribution in [0.5, 0.6) is 0 Å². The van der Waals surface area contributed by atoms with E-state index in [1.165, 1.54) is 24.8 Å². The van der Waals surface area contributed by atoms with Gasteiger partial charge in [0.1, 0.15) is 0 Å². The number of carboxylic acid groups (broad SMARTS) is 1. The number of hydrogen-bond acceptors (Lipinski definition) is 3. The number of rotatable bonds is 4. The molecule has 5 nitrogen and oxygen atoms in total. The summed E-state index contributed by atoms with van der Waals surface area (Å²) in [4.78, 5) is 12.0. The largest absolute Gasteiger partial charge is 0.465 e. The molecule has 1 fully saturated rings. The molecule has 1 aliphatic heterocycles. The smallest absolute Gasteiger partial charge is 0.411 e. The number of hydrogen-bond donors (Lipinski definition) is 3. The molecular weight excluding hydrogens is 230 g/mol. The molecule has 1 saturated heterocycles. The molecule has 5 heteroatoms. The maximum absolute atomic E-state index is 10.8. The minimum atomic E-state index is -0.953. The maximum atomic E-state index is 10.8. The van der Waals surface area contributed by atoms with Crippen LogP contribution in [-0.4, -0.2) is 37.4 Å². The van der Waals surface area contributed by atoms with E-state index in [2.05, 4.69) is 10.6 Å². The molecule has 1 aliphatic rings. The van der Waals surface area contributed by atoms with Crippen LogP contribution in [0.1, 0.15) is 12.8 Å². The quantitative estimate of drug-likeness (QED) is 0.763. The highest BCUT2D eigenvalue weighted by Crippen LogP contribution is 2.17. The summed E-state index contributed by atoms with van der Waals surface area (Å²) in [5, 5.41) is 15.6. The van der Waals surface area contributed by atoms with E-state index < -0.39 is 6.09 Å². The van der Waals surface area contributed by atoms with Crippen LogP contribution in [-0.2, 0) is 0 Å². The van der Waals surface area contributed by atoms with Gasteiger partial charge in [0.05, 0.1) is 0 Å². The van der Waals surface area contributed by atoms with Gasteiger partial charge < -0.3 is 15.7 Å². The summed E-state index contributed by atoms with van der Waals surface area (Å²) in [6, 6.07) is 7.97. The molecule has 0 saturated carbocycles. The minimum absolute atomic E-state index is 0.548. The van der Waals surface area contributed by atoms with Gasteiger partial charge in [0, 0.05) is 31.0 Å². The Balaban J connectivity index is 1.88. The fourth-order valence-corrected chi connectivity index (χ4v) is 2.09. The lowest BCUT2D eigenvalue weighted by Crippen LogP contribution is -2.29. The third kappa shape index (κ3) is 3.13. The van der Waals surface area contributed by atoms with Gasteiger partial charge in [0.15, 0.2) is 0 Å². The third-order valence-electron chi connectivity index (χ3n) is 3.26. The van der Waals surface area contributed by atoms with E-state index >= 15 is 0 Å². The standard InChI is InChI=1S/C13H19N3O2/c1-16(13(17)18)12-6-4-10(5-7-12)15-9-11-3-2-8-14-11/h4-7,11,14-15H,2-3,8-9H2,1H3,(H,17,18). The summed E-state index contributed by atoms with van der Waals surface area (Å²) in [5.41, 5.74) is 1.69. The first-order valence-corrected chi connectivity index (χ1v) is 6.21. The zero-order valence-corrected chi connectivity index (χ0v) is 10.5. The van der Waals surface area contributed by atoms with Crippen molar-refractivity contribution >= 4 is 17.5 Å². The summed E-state index contributed by atoms with van der Waals surface area (Å²) >= 11 is 0. The zero-order valence-electron chi connectivity index (χ0n) is 10.5. The Hall–Kier alpha value is -1.75. The van der Waals surface area contributed by atoms with E-state index in [9.17, 15) is 4.79 Å². The summed E-state index contributed by atoms with van der Waals surface area (Å²) < 4.78 is 0. The van der Waals surface area contributed by atoms with Gasteiger partial charge in [-0.15, -0.1) is 0 Å². The molecule has 98 valence electrons. The molecule has 0 spiro atoms. The third-order valence-corrected chi connectivity index (χ3v) is 3.26. The Kier molecular flexibility index (Phi) is 4.04. The molecule has 0 aliphatic carbocycles. The molecule has 0 aromatic heterocycles. The van der Waals surface area contributed by atoms with Crippen molar-refractivity contribution in [2.75, 3.05) is 30.4 Å². The van der Waals surface area contributed by atoms with Crippen molar-refractivity contribution in [3.63, 3.8) is 0 Å². The number of carbonyl (C=O) groups is 1. The van der Waals surface area contributed by atoms with Crippen molar-refractivity contribution < 1.29 is 9.90 Å². The van der Waals surface area contributed by atoms with E-state index in [0.29, 0.717) is 11.7 Å². The first kappa shape index (κ1) is 12.7. The van der Waals surface area contributed by atoms with E-state index in [4.69, 9.17) is 5.11 Å². The van der Waals surface area contributed by atoms with E-state index in [0.717, 1.165) is 18.8 Å². The Labute approximate surface area is 107 Å². The highest BCUT2D eigenvalue weighted by atomic mass is 16.4. The second-order valence-corrected chi connectivity index (χ2v) is 4.56. The lowest BCUT2D eigenvalue weighted by molar-refractivity contribution is 0.203. The van der Waals surface area contributed by atoms with Gasteiger partial charge in [-0.3, -0.25) is 4.90 Å². The average Bonchev–Trinajstić information content (AvgIpc) is 2.89. The molecule has 1 amide bonds. The second-order valence-electron chi connectivity index (χ2n) is 4.56. The Morgan fingerprint density at radius 2 is 2.22 bits per heavy atom. The van der Waals surface area contributed by atoms with Crippen LogP contribution in [0.3, 0.4) is 0 Å². The lowest BCUT2D eigenvalue weighted by atomic mass is 10.2. The van der Waals surface area contributed by atoms with Gasteiger partial charge in [0.25, 0.3) is 0 Å². The van der Waals surface area contributed by atoms with Crippen molar-refractivity contribution in [3.05, 3.63) is 24.3 Å². The first-order valence-electron chi connectivity index (χ1n) is 6.21. The van der Waals surface area contributed by atoms with Crippen molar-refractivity contribution in [1.82, 2.24) is 5.32 Å². The monoisotopic (exact) mass is 249 g/mol. The average molecular weight is 249 g/mol. The van der Waals surface area contributed by atoms with Crippen LogP contribution in [0.4, 0.5) is 16.2 Å². The van der Waals surface area contributed by atoms with Gasteiger partial charge in [-0.25, -0.2) is 4.79 Å². The second kappa shape index (κ2) is 5.73. The SMILES string of the molecule is CN(C(=O)O)c1ccc(NCC2CCCN2)cc1. The Morgan fingerprint density at radius 3 is 2.78 bits per heavy atom. The highest BCUT2D eigenvalue weighted by molar-refractivity contribution is 5.85. The van der Waals surface area contributed by atoms with Crippen molar-refractivity contribution in [2.24, 2.45) is 0 Å². The predicted molar refractivity (Wildman–Crippen MR) is 72.4 cm³/mol. The summed E-state index contributed by atoms with van der Waals surface area (Å²) in [5.74, 6) is 0. The predicted octanol–water partition coefficient (Wildman–Crippen LogP) is 1.96. The van der Waals surface area contributed by atoms with Gasteiger partial charge in [-0.05, 0) is 43.7 Å². The molecular formula is C13H19N3O2. The molecule has 18 heavy (non-hydrogen) atoms. The van der Waals surface area contributed by atoms with E-state index in [-0.39, 0.29) is 0 Å². The summed E-state index contributed by atoms with van der Waals surface area (Å²) in [6.45, 7) is 2.02. The fourth-order valence-electron chi connectivity index (χ4n) is 2.09. The number of benzene rings is 1. The Morgan fingerprint density at radius 1 is 1.50 bits per heavy atom. The normalized spacial score (nSPS) is 18.6. The number of nitrogens with zero attached hydrogens (tertiary/aromatic N) is 1. The molecule has 3 N–H and O–H groups in total. The van der Waals surface area contributed by atoms with Crippen molar-refractivity contribution in [3.8, 4) is 0 Å². The number of anilines is 2. The van der Waals surface area contributed by atoms with Gasteiger partial charge >= 0.3 is 6.09 Å². The molecule has 1 unspecified atom stereocenters. The van der Waals surface area contributed by atoms with Gasteiger partial charge in [-0.1, -0.05) is 0 Å². The van der Waals surface area contributed by atoms with Crippen LogP contribution in [0.15, 0.2) is 24.3 Å². The van der Waals surface area contributed by atoms with E-state index in [1.54, 1.807) is 12.1 Å². The molecule has 0 bridgehead atoms. The molecule has 1 aromatic rings. The fraction of sp³-hybridized carbons (Fsp3) is 0.462. The number of amides is 1. The van der Waals surface area contributed by atoms with Crippen molar-refractivity contribution in [2.45, 2.75) is 18.9 Å². The van der Waals surface area contributed by atoms with Crippen LogP contribution >= 0.6 is 0 Å². The van der Waals surface area contributed by atoms with E-state index in [1.807, 2.05) is 12.1 Å². The zero-order chi connectivity index (χ0) is 13.0. The van der Waals surface area contributed by atoms with Crippen LogP contribution in [0.2, 0.25) is 0 Å². The first-order chi connectivity index (χ1) is 8.66. The number of nitrogens with one attached hydrogen (secondary N) is 2.